The molecule has 2 rings (SSSR count). The molecule has 0 radical (unpaired) electrons. The first-order chi connectivity index (χ1) is 10.4. The van der Waals surface area contributed by atoms with Crippen LogP contribution >= 0.6 is 0 Å². The molecule has 3 amide bonds. The first kappa shape index (κ1) is 15.7. The normalized spacial score (nSPS) is 16.0. The zero-order valence-electron chi connectivity index (χ0n) is 12.5. The number of benzene rings is 1. The van der Waals surface area contributed by atoms with Crippen LogP contribution in [0.5, 0.6) is 0 Å². The van der Waals surface area contributed by atoms with Gasteiger partial charge in [-0.1, -0.05) is 12.1 Å². The number of carbonyl (C=O) groups is 4. The molecule has 22 heavy (non-hydrogen) atoms. The van der Waals surface area contributed by atoms with E-state index in [-0.39, 0.29) is 11.1 Å². The second-order valence-electron chi connectivity index (χ2n) is 4.96. The molecule has 1 heterocycles. The monoisotopic (exact) mass is 304 g/mol. The number of hydrogen-bond acceptors (Lipinski definition) is 5. The number of esters is 1. The van der Waals surface area contributed by atoms with Crippen LogP contribution in [0.25, 0.3) is 0 Å². The van der Waals surface area contributed by atoms with Crippen LogP contribution in [0.1, 0.15) is 34.6 Å². The fraction of sp³-hybridized carbons (Fsp3) is 0.333. The molecule has 0 aromatic heterocycles. The first-order valence-corrected chi connectivity index (χ1v) is 6.73. The van der Waals surface area contributed by atoms with Crippen LogP contribution in [0.15, 0.2) is 24.3 Å². The zero-order chi connectivity index (χ0) is 16.4. The van der Waals surface area contributed by atoms with Gasteiger partial charge in [-0.25, -0.2) is 4.79 Å². The standard InChI is InChI=1S/C15H16N2O5/c1-8(15(21)22-3)16-12(18)9(2)17-13(19)10-6-4-5-7-11(10)14(17)20/h4-9H,1-3H3,(H,16,18). The molecule has 0 bridgehead atoms. The zero-order valence-corrected chi connectivity index (χ0v) is 12.5. The molecule has 1 aliphatic rings. The van der Waals surface area contributed by atoms with Crippen molar-refractivity contribution in [3.63, 3.8) is 0 Å². The third-order valence-electron chi connectivity index (χ3n) is 3.51. The quantitative estimate of drug-likeness (QED) is 0.640. The van der Waals surface area contributed by atoms with E-state index in [1.165, 1.54) is 33.1 Å². The van der Waals surface area contributed by atoms with Crippen molar-refractivity contribution in [2.24, 2.45) is 0 Å². The number of fused-ring (bicyclic) bond motifs is 1. The van der Waals surface area contributed by atoms with Gasteiger partial charge in [-0.05, 0) is 26.0 Å². The van der Waals surface area contributed by atoms with Gasteiger partial charge in [0.05, 0.1) is 18.2 Å². The van der Waals surface area contributed by atoms with Gasteiger partial charge in [0, 0.05) is 0 Å². The van der Waals surface area contributed by atoms with Crippen molar-refractivity contribution in [1.82, 2.24) is 10.2 Å². The van der Waals surface area contributed by atoms with Crippen molar-refractivity contribution in [3.8, 4) is 0 Å². The molecular formula is C15H16N2O5. The number of ether oxygens (including phenoxy) is 1. The topological polar surface area (TPSA) is 92.8 Å². The molecule has 7 nitrogen and oxygen atoms in total. The molecule has 7 heteroatoms. The predicted octanol–water partition coefficient (Wildman–Crippen LogP) is 0.349. The largest absolute Gasteiger partial charge is 0.467 e. The lowest BCUT2D eigenvalue weighted by Crippen LogP contribution is -2.51. The molecule has 0 saturated heterocycles. The first-order valence-electron chi connectivity index (χ1n) is 6.73. The maximum atomic E-state index is 12.3. The Bertz CT molecular complexity index is 620. The van der Waals surface area contributed by atoms with Crippen LogP contribution in [0.2, 0.25) is 0 Å². The molecular weight excluding hydrogens is 288 g/mol. The van der Waals surface area contributed by atoms with E-state index in [0.717, 1.165) is 4.90 Å². The summed E-state index contributed by atoms with van der Waals surface area (Å²) in [4.78, 5) is 48.9. The lowest BCUT2D eigenvalue weighted by Gasteiger charge is -2.23. The summed E-state index contributed by atoms with van der Waals surface area (Å²) in [5.41, 5.74) is 0.543. The minimum atomic E-state index is -1.03. The second kappa shape index (κ2) is 5.97. The highest BCUT2D eigenvalue weighted by atomic mass is 16.5. The SMILES string of the molecule is COC(=O)C(C)NC(=O)C(C)N1C(=O)c2ccccc2C1=O. The molecule has 0 fully saturated rings. The highest BCUT2D eigenvalue weighted by molar-refractivity contribution is 6.22. The number of nitrogens with zero attached hydrogens (tertiary/aromatic N) is 1. The van der Waals surface area contributed by atoms with Gasteiger partial charge in [-0.15, -0.1) is 0 Å². The number of nitrogens with one attached hydrogen (secondary N) is 1. The maximum Gasteiger partial charge on any atom is 0.328 e. The molecule has 116 valence electrons. The van der Waals surface area contributed by atoms with Crippen molar-refractivity contribution in [3.05, 3.63) is 35.4 Å². The number of amides is 3. The summed E-state index contributed by atoms with van der Waals surface area (Å²) in [5.74, 6) is -2.25. The smallest absolute Gasteiger partial charge is 0.328 e. The Labute approximate surface area is 127 Å². The van der Waals surface area contributed by atoms with Crippen molar-refractivity contribution in [2.75, 3.05) is 7.11 Å². The Hall–Kier alpha value is -2.70. The van der Waals surface area contributed by atoms with Crippen molar-refractivity contribution >= 4 is 23.7 Å². The Morgan fingerprint density at radius 3 is 2.05 bits per heavy atom. The van der Waals surface area contributed by atoms with Gasteiger partial charge >= 0.3 is 5.97 Å². The van der Waals surface area contributed by atoms with E-state index in [2.05, 4.69) is 10.1 Å². The van der Waals surface area contributed by atoms with Crippen molar-refractivity contribution in [1.29, 1.82) is 0 Å². The van der Waals surface area contributed by atoms with E-state index in [9.17, 15) is 19.2 Å². The number of methoxy groups -OCH3 is 1. The number of hydrogen-bond donors (Lipinski definition) is 1. The molecule has 2 unspecified atom stereocenters. The average molecular weight is 304 g/mol. The summed E-state index contributed by atoms with van der Waals surface area (Å²) in [6, 6.07) is 4.48. The maximum absolute atomic E-state index is 12.3. The Morgan fingerprint density at radius 2 is 1.59 bits per heavy atom. The fourth-order valence-electron chi connectivity index (χ4n) is 2.25. The molecule has 0 aliphatic carbocycles. The van der Waals surface area contributed by atoms with E-state index in [1.807, 2.05) is 0 Å². The van der Waals surface area contributed by atoms with Gasteiger partial charge < -0.3 is 10.1 Å². The third kappa shape index (κ3) is 2.57. The summed E-state index contributed by atoms with van der Waals surface area (Å²) < 4.78 is 4.51. The van der Waals surface area contributed by atoms with Crippen molar-refractivity contribution in [2.45, 2.75) is 25.9 Å². The third-order valence-corrected chi connectivity index (χ3v) is 3.51. The molecule has 2 atom stereocenters. The molecule has 0 spiro atoms. The Morgan fingerprint density at radius 1 is 1.09 bits per heavy atom. The van der Waals surface area contributed by atoms with Crippen LogP contribution in [0.4, 0.5) is 0 Å². The van der Waals surface area contributed by atoms with Gasteiger partial charge in [0.1, 0.15) is 12.1 Å². The molecule has 1 aliphatic heterocycles. The number of rotatable bonds is 4. The predicted molar refractivity (Wildman–Crippen MR) is 76.0 cm³/mol. The van der Waals surface area contributed by atoms with Crippen LogP contribution in [-0.2, 0) is 14.3 Å². The fourth-order valence-corrected chi connectivity index (χ4v) is 2.25. The summed E-state index contributed by atoms with van der Waals surface area (Å²) in [7, 11) is 1.21. The van der Waals surface area contributed by atoms with Crippen LogP contribution in [0.3, 0.4) is 0 Å². The highest BCUT2D eigenvalue weighted by Gasteiger charge is 2.40. The Kier molecular flexibility index (Phi) is 4.25. The minimum absolute atomic E-state index is 0.271. The number of imide groups is 1. The second-order valence-corrected chi connectivity index (χ2v) is 4.96. The highest BCUT2D eigenvalue weighted by Crippen LogP contribution is 2.24. The van der Waals surface area contributed by atoms with E-state index >= 15 is 0 Å². The lowest BCUT2D eigenvalue weighted by molar-refractivity contribution is -0.144. The molecule has 0 saturated carbocycles. The van der Waals surface area contributed by atoms with Gasteiger partial charge in [-0.2, -0.15) is 0 Å². The summed E-state index contributed by atoms with van der Waals surface area (Å²) in [6.45, 7) is 2.89. The summed E-state index contributed by atoms with van der Waals surface area (Å²) in [5, 5.41) is 2.42. The van der Waals surface area contributed by atoms with Gasteiger partial charge in [-0.3, -0.25) is 19.3 Å². The van der Waals surface area contributed by atoms with Crippen LogP contribution < -0.4 is 5.32 Å². The van der Waals surface area contributed by atoms with Gasteiger partial charge in [0.15, 0.2) is 0 Å². The van der Waals surface area contributed by atoms with Gasteiger partial charge in [0.2, 0.25) is 5.91 Å². The lowest BCUT2D eigenvalue weighted by atomic mass is 10.1. The van der Waals surface area contributed by atoms with Crippen LogP contribution in [-0.4, -0.2) is 47.8 Å². The van der Waals surface area contributed by atoms with Crippen LogP contribution in [0, 0.1) is 0 Å². The van der Waals surface area contributed by atoms with E-state index in [0.29, 0.717) is 0 Å². The van der Waals surface area contributed by atoms with E-state index < -0.39 is 35.8 Å². The molecule has 1 aromatic carbocycles. The summed E-state index contributed by atoms with van der Waals surface area (Å²) in [6.07, 6.45) is 0. The summed E-state index contributed by atoms with van der Waals surface area (Å²) >= 11 is 0. The Balaban J connectivity index is 2.16. The van der Waals surface area contributed by atoms with E-state index in [4.69, 9.17) is 0 Å². The molecule has 1 N–H and O–H groups in total. The van der Waals surface area contributed by atoms with Crippen molar-refractivity contribution < 1.29 is 23.9 Å². The van der Waals surface area contributed by atoms with Gasteiger partial charge in [0.25, 0.3) is 11.8 Å². The minimum Gasteiger partial charge on any atom is -0.467 e. The van der Waals surface area contributed by atoms with E-state index in [1.54, 1.807) is 12.1 Å². The molecule has 1 aromatic rings. The average Bonchev–Trinajstić information content (AvgIpc) is 2.77. The number of carbonyl (C=O) groups excluding carboxylic acids is 4.